The number of nitrogens with one attached hydrogen (secondary N) is 2. The number of carbonyl (C=O) groups is 3. The van der Waals surface area contributed by atoms with Crippen LogP contribution in [0.4, 0.5) is 5.13 Å². The smallest absolute Gasteiger partial charge is 0.267 e. The third-order valence-corrected chi connectivity index (χ3v) is 6.93. The minimum Gasteiger partial charge on any atom is -0.356 e. The normalized spacial score (nSPS) is 18.8. The van der Waals surface area contributed by atoms with Gasteiger partial charge in [0.05, 0.1) is 22.9 Å². The van der Waals surface area contributed by atoms with Gasteiger partial charge < -0.3 is 10.2 Å². The van der Waals surface area contributed by atoms with Crippen LogP contribution in [0.3, 0.4) is 0 Å². The highest BCUT2D eigenvalue weighted by Crippen LogP contribution is 2.24. The highest BCUT2D eigenvalue weighted by molar-refractivity contribution is 7.14. The Morgan fingerprint density at radius 1 is 1.27 bits per heavy atom. The van der Waals surface area contributed by atoms with Gasteiger partial charge in [-0.15, -0.1) is 22.7 Å². The van der Waals surface area contributed by atoms with E-state index in [0.717, 1.165) is 25.7 Å². The van der Waals surface area contributed by atoms with Crippen LogP contribution >= 0.6 is 22.7 Å². The Kier molecular flexibility index (Phi) is 7.98. The van der Waals surface area contributed by atoms with E-state index in [4.69, 9.17) is 0 Å². The van der Waals surface area contributed by atoms with Gasteiger partial charge in [-0.25, -0.2) is 4.98 Å². The van der Waals surface area contributed by atoms with Crippen molar-refractivity contribution in [2.24, 2.45) is 5.92 Å². The number of likely N-dealkylation sites (tertiary alicyclic amines) is 1. The number of anilines is 1. The van der Waals surface area contributed by atoms with Crippen molar-refractivity contribution in [1.29, 1.82) is 0 Å². The number of unbranched alkanes of at least 4 members (excludes halogenated alkanes) is 1. The average Bonchev–Trinajstić information content (AvgIpc) is 3.40. The quantitative estimate of drug-likeness (QED) is 0.604. The third kappa shape index (κ3) is 5.89. The summed E-state index contributed by atoms with van der Waals surface area (Å²) in [4.78, 5) is 44.3. The van der Waals surface area contributed by atoms with Gasteiger partial charge in [0, 0.05) is 24.5 Å². The van der Waals surface area contributed by atoms with Crippen molar-refractivity contribution in [2.75, 3.05) is 18.4 Å². The molecule has 9 heteroatoms. The van der Waals surface area contributed by atoms with E-state index in [1.165, 1.54) is 22.7 Å². The molecule has 1 aliphatic heterocycles. The second kappa shape index (κ2) is 10.7. The summed E-state index contributed by atoms with van der Waals surface area (Å²) < 4.78 is 0. The van der Waals surface area contributed by atoms with Gasteiger partial charge in [0.2, 0.25) is 11.8 Å². The molecule has 3 amide bonds. The van der Waals surface area contributed by atoms with Gasteiger partial charge in [-0.2, -0.15) is 0 Å². The molecular formula is C21H28N4O3S2. The molecule has 3 heterocycles. The highest BCUT2D eigenvalue weighted by atomic mass is 32.1. The summed E-state index contributed by atoms with van der Waals surface area (Å²) in [6.07, 6.45) is 3.79. The summed E-state index contributed by atoms with van der Waals surface area (Å²) in [5.41, 5.74) is 0.633. The van der Waals surface area contributed by atoms with Crippen LogP contribution in [-0.2, 0) is 16.0 Å². The maximum Gasteiger partial charge on any atom is 0.267 e. The fraction of sp³-hybridized carbons (Fsp3) is 0.524. The number of thiazole rings is 1. The van der Waals surface area contributed by atoms with Gasteiger partial charge >= 0.3 is 0 Å². The third-order valence-electron chi connectivity index (χ3n) is 5.25. The van der Waals surface area contributed by atoms with E-state index in [-0.39, 0.29) is 36.1 Å². The van der Waals surface area contributed by atoms with Crippen LogP contribution in [0.15, 0.2) is 22.9 Å². The molecule has 162 valence electrons. The number of aromatic nitrogens is 1. The van der Waals surface area contributed by atoms with Crippen LogP contribution in [0.25, 0.3) is 0 Å². The standard InChI is InChI=1S/C21H28N4O3S2/c1-3-4-9-22-19(27)15-8-7-14(2)25(12-15)18(26)11-16-13-30-21(23-16)24-20(28)17-6-5-10-29-17/h5-6,10,13-15H,3-4,7-9,11-12H2,1-2H3,(H,22,27)(H,23,24,28)/t14-,15+/m1/s1. The van der Waals surface area contributed by atoms with Gasteiger partial charge in [0.15, 0.2) is 5.13 Å². The lowest BCUT2D eigenvalue weighted by molar-refractivity contribution is -0.137. The van der Waals surface area contributed by atoms with E-state index in [9.17, 15) is 14.4 Å². The first kappa shape index (κ1) is 22.4. The molecule has 0 unspecified atom stereocenters. The Labute approximate surface area is 184 Å². The topological polar surface area (TPSA) is 91.4 Å². The SMILES string of the molecule is CCCCNC(=O)[C@H]1CC[C@@H](C)N(C(=O)Cc2csc(NC(=O)c3cccs3)n2)C1. The number of hydrogen-bond acceptors (Lipinski definition) is 6. The van der Waals surface area contributed by atoms with Crippen molar-refractivity contribution in [2.45, 2.75) is 52.0 Å². The van der Waals surface area contributed by atoms with Crippen molar-refractivity contribution in [3.8, 4) is 0 Å². The lowest BCUT2D eigenvalue weighted by atomic mass is 9.92. The molecular weight excluding hydrogens is 420 g/mol. The maximum atomic E-state index is 12.9. The van der Waals surface area contributed by atoms with Gasteiger partial charge in [0.1, 0.15) is 0 Å². The minimum atomic E-state index is -0.196. The van der Waals surface area contributed by atoms with Crippen LogP contribution in [0.5, 0.6) is 0 Å². The molecule has 1 aliphatic rings. The summed E-state index contributed by atoms with van der Waals surface area (Å²) in [6.45, 7) is 5.25. The van der Waals surface area contributed by atoms with Crippen LogP contribution in [0.2, 0.25) is 0 Å². The predicted molar refractivity (Wildman–Crippen MR) is 120 cm³/mol. The van der Waals surface area contributed by atoms with Crippen molar-refractivity contribution in [3.05, 3.63) is 33.5 Å². The number of piperidine rings is 1. The van der Waals surface area contributed by atoms with Crippen LogP contribution in [0, 0.1) is 5.92 Å². The minimum absolute atomic E-state index is 0.0324. The van der Waals surface area contributed by atoms with Crippen LogP contribution < -0.4 is 10.6 Å². The number of amides is 3. The summed E-state index contributed by atoms with van der Waals surface area (Å²) in [6, 6.07) is 3.68. The van der Waals surface area contributed by atoms with E-state index in [0.29, 0.717) is 28.8 Å². The molecule has 2 atom stereocenters. The van der Waals surface area contributed by atoms with Gasteiger partial charge in [-0.1, -0.05) is 19.4 Å². The second-order valence-corrected chi connectivity index (χ2v) is 9.37. The number of hydrogen-bond donors (Lipinski definition) is 2. The van der Waals surface area contributed by atoms with Gasteiger partial charge in [0.25, 0.3) is 5.91 Å². The van der Waals surface area contributed by atoms with Crippen molar-refractivity contribution < 1.29 is 14.4 Å². The Morgan fingerprint density at radius 2 is 2.10 bits per heavy atom. The molecule has 0 spiro atoms. The first-order valence-electron chi connectivity index (χ1n) is 10.3. The lowest BCUT2D eigenvalue weighted by Crippen LogP contribution is -2.50. The fourth-order valence-corrected chi connectivity index (χ4v) is 4.79. The van der Waals surface area contributed by atoms with E-state index in [1.807, 2.05) is 18.4 Å². The summed E-state index contributed by atoms with van der Waals surface area (Å²) in [7, 11) is 0. The summed E-state index contributed by atoms with van der Waals surface area (Å²) in [5.74, 6) is -0.340. The van der Waals surface area contributed by atoms with Gasteiger partial charge in [-0.3, -0.25) is 19.7 Å². The molecule has 30 heavy (non-hydrogen) atoms. The summed E-state index contributed by atoms with van der Waals surface area (Å²) in [5, 5.41) is 9.88. The molecule has 2 aromatic rings. The Balaban J connectivity index is 1.54. The van der Waals surface area contributed by atoms with E-state index < -0.39 is 0 Å². The van der Waals surface area contributed by atoms with Crippen LogP contribution in [0.1, 0.15) is 54.9 Å². The van der Waals surface area contributed by atoms with Crippen molar-refractivity contribution in [3.63, 3.8) is 0 Å². The molecule has 0 bridgehead atoms. The van der Waals surface area contributed by atoms with Gasteiger partial charge in [-0.05, 0) is 37.6 Å². The molecule has 7 nitrogen and oxygen atoms in total. The van der Waals surface area contributed by atoms with E-state index in [1.54, 1.807) is 16.3 Å². The zero-order valence-corrected chi connectivity index (χ0v) is 19.0. The Bertz CT molecular complexity index is 865. The monoisotopic (exact) mass is 448 g/mol. The van der Waals surface area contributed by atoms with Crippen LogP contribution in [-0.4, -0.2) is 46.7 Å². The first-order chi connectivity index (χ1) is 14.5. The first-order valence-corrected chi connectivity index (χ1v) is 12.1. The largest absolute Gasteiger partial charge is 0.356 e. The number of thiophene rings is 1. The lowest BCUT2D eigenvalue weighted by Gasteiger charge is -2.37. The number of rotatable bonds is 8. The number of carbonyl (C=O) groups excluding carboxylic acids is 3. The fourth-order valence-electron chi connectivity index (χ4n) is 3.47. The molecule has 0 aromatic carbocycles. The van der Waals surface area contributed by atoms with Crippen molar-refractivity contribution >= 4 is 45.5 Å². The van der Waals surface area contributed by atoms with E-state index in [2.05, 4.69) is 22.5 Å². The molecule has 2 N–H and O–H groups in total. The molecule has 0 saturated carbocycles. The average molecular weight is 449 g/mol. The predicted octanol–water partition coefficient (Wildman–Crippen LogP) is 3.54. The Hall–Kier alpha value is -2.26. The zero-order valence-electron chi connectivity index (χ0n) is 17.3. The molecule has 1 fully saturated rings. The second-order valence-electron chi connectivity index (χ2n) is 7.57. The maximum absolute atomic E-state index is 12.9. The zero-order chi connectivity index (χ0) is 21.5. The summed E-state index contributed by atoms with van der Waals surface area (Å²) >= 11 is 2.67. The highest BCUT2D eigenvalue weighted by Gasteiger charge is 2.32. The van der Waals surface area contributed by atoms with Crippen molar-refractivity contribution in [1.82, 2.24) is 15.2 Å². The molecule has 3 rings (SSSR count). The molecule has 0 radical (unpaired) electrons. The Morgan fingerprint density at radius 3 is 2.83 bits per heavy atom. The van der Waals surface area contributed by atoms with E-state index >= 15 is 0 Å². The molecule has 2 aromatic heterocycles. The molecule has 1 saturated heterocycles. The molecule has 0 aliphatic carbocycles. The number of nitrogens with zero attached hydrogens (tertiary/aromatic N) is 2.